The largest absolute Gasteiger partial charge is 0.468 e. The van der Waals surface area contributed by atoms with E-state index >= 15 is 0 Å². The normalized spacial score (nSPS) is 20.3. The van der Waals surface area contributed by atoms with Gasteiger partial charge in [-0.2, -0.15) is 0 Å². The summed E-state index contributed by atoms with van der Waals surface area (Å²) < 4.78 is 5.36. The highest BCUT2D eigenvalue weighted by atomic mass is 16.3. The maximum Gasteiger partial charge on any atom is 0.120 e. The number of hydrogen-bond acceptors (Lipinski definition) is 3. The van der Waals surface area contributed by atoms with Gasteiger partial charge in [0.1, 0.15) is 5.76 Å². The van der Waals surface area contributed by atoms with E-state index in [-0.39, 0.29) is 0 Å². The van der Waals surface area contributed by atoms with Gasteiger partial charge in [-0.25, -0.2) is 0 Å². The van der Waals surface area contributed by atoms with Crippen molar-refractivity contribution >= 4 is 0 Å². The van der Waals surface area contributed by atoms with Gasteiger partial charge >= 0.3 is 0 Å². The number of furan rings is 1. The van der Waals surface area contributed by atoms with E-state index in [1.165, 1.54) is 25.9 Å². The molecular formula is C12H20N2O. The van der Waals surface area contributed by atoms with Gasteiger partial charge in [0.05, 0.1) is 12.3 Å². The van der Waals surface area contributed by atoms with E-state index in [0.717, 1.165) is 18.2 Å². The molecule has 84 valence electrons. The molecule has 0 radical (unpaired) electrons. The van der Waals surface area contributed by atoms with Gasteiger partial charge in [-0.1, -0.05) is 0 Å². The summed E-state index contributed by atoms with van der Waals surface area (Å²) in [6.07, 6.45) is 4.31. The van der Waals surface area contributed by atoms with Crippen LogP contribution in [0.15, 0.2) is 22.8 Å². The lowest BCUT2D eigenvalue weighted by atomic mass is 9.98. The number of piperidine rings is 1. The second-order valence-electron chi connectivity index (χ2n) is 4.34. The molecule has 0 spiro atoms. The van der Waals surface area contributed by atoms with Gasteiger partial charge in [-0.3, -0.25) is 0 Å². The van der Waals surface area contributed by atoms with E-state index in [9.17, 15) is 0 Å². The number of nitrogens with one attached hydrogen (secondary N) is 2. The average molecular weight is 208 g/mol. The van der Waals surface area contributed by atoms with Gasteiger partial charge in [-0.05, 0) is 57.5 Å². The molecule has 0 unspecified atom stereocenters. The Labute approximate surface area is 91.2 Å². The van der Waals surface area contributed by atoms with Crippen LogP contribution in [0, 0.1) is 5.92 Å². The van der Waals surface area contributed by atoms with Crippen molar-refractivity contribution < 1.29 is 4.42 Å². The van der Waals surface area contributed by atoms with E-state index in [4.69, 9.17) is 4.42 Å². The van der Waals surface area contributed by atoms with Gasteiger partial charge in [0.15, 0.2) is 0 Å². The average Bonchev–Trinajstić information content (AvgIpc) is 2.81. The Morgan fingerprint density at radius 2 is 2.33 bits per heavy atom. The van der Waals surface area contributed by atoms with Crippen LogP contribution in [0.3, 0.4) is 0 Å². The van der Waals surface area contributed by atoms with Crippen molar-refractivity contribution in [1.29, 1.82) is 0 Å². The first-order valence-corrected chi connectivity index (χ1v) is 5.84. The Bertz CT molecular complexity index is 265. The minimum absolute atomic E-state index is 0.329. The molecule has 0 aromatic carbocycles. The Hall–Kier alpha value is -0.800. The molecule has 1 aromatic rings. The van der Waals surface area contributed by atoms with Gasteiger partial charge < -0.3 is 15.1 Å². The zero-order chi connectivity index (χ0) is 10.5. The molecule has 1 fully saturated rings. The third kappa shape index (κ3) is 3.08. The van der Waals surface area contributed by atoms with E-state index < -0.39 is 0 Å². The topological polar surface area (TPSA) is 37.2 Å². The highest BCUT2D eigenvalue weighted by Crippen LogP contribution is 2.15. The fourth-order valence-corrected chi connectivity index (χ4v) is 2.07. The molecule has 15 heavy (non-hydrogen) atoms. The molecule has 1 aliphatic heterocycles. The third-order valence-electron chi connectivity index (χ3n) is 3.14. The minimum atomic E-state index is 0.329. The molecule has 2 N–H and O–H groups in total. The molecule has 1 atom stereocenters. The lowest BCUT2D eigenvalue weighted by molar-refractivity contribution is 0.332. The van der Waals surface area contributed by atoms with Crippen LogP contribution in [0.2, 0.25) is 0 Å². The summed E-state index contributed by atoms with van der Waals surface area (Å²) in [5, 5.41) is 6.92. The van der Waals surface area contributed by atoms with Crippen molar-refractivity contribution in [3.63, 3.8) is 0 Å². The molecule has 3 nitrogen and oxygen atoms in total. The predicted octanol–water partition coefficient (Wildman–Crippen LogP) is 1.93. The Kier molecular flexibility index (Phi) is 3.80. The molecule has 0 saturated carbocycles. The highest BCUT2D eigenvalue weighted by Gasteiger charge is 2.14. The lowest BCUT2D eigenvalue weighted by Gasteiger charge is -2.24. The standard InChI is InChI=1S/C12H20N2O/c1-10(12-3-2-8-15-12)14-9-11-4-6-13-7-5-11/h2-3,8,10-11,13-14H,4-7,9H2,1H3/t10-/m1/s1. The van der Waals surface area contributed by atoms with Crippen LogP contribution in [-0.4, -0.2) is 19.6 Å². The van der Waals surface area contributed by atoms with Gasteiger partial charge in [-0.15, -0.1) is 0 Å². The monoisotopic (exact) mass is 208 g/mol. The summed E-state index contributed by atoms with van der Waals surface area (Å²) in [5.41, 5.74) is 0. The SMILES string of the molecule is C[C@@H](NCC1CCNCC1)c1ccco1. The van der Waals surface area contributed by atoms with Crippen molar-refractivity contribution in [2.24, 2.45) is 5.92 Å². The van der Waals surface area contributed by atoms with Crippen LogP contribution in [0.5, 0.6) is 0 Å². The summed E-state index contributed by atoms with van der Waals surface area (Å²) in [7, 11) is 0. The quantitative estimate of drug-likeness (QED) is 0.794. The maximum atomic E-state index is 5.36. The molecule has 2 rings (SSSR count). The van der Waals surface area contributed by atoms with E-state index in [1.807, 2.05) is 12.1 Å². The molecule has 0 amide bonds. The summed E-state index contributed by atoms with van der Waals surface area (Å²) in [6, 6.07) is 4.30. The number of hydrogen-bond donors (Lipinski definition) is 2. The van der Waals surface area contributed by atoms with Gasteiger partial charge in [0, 0.05) is 0 Å². The first kappa shape index (κ1) is 10.7. The van der Waals surface area contributed by atoms with Crippen molar-refractivity contribution in [1.82, 2.24) is 10.6 Å². The first-order valence-electron chi connectivity index (χ1n) is 5.84. The molecule has 0 bridgehead atoms. The second kappa shape index (κ2) is 5.33. The molecule has 2 heterocycles. The molecule has 1 saturated heterocycles. The summed E-state index contributed by atoms with van der Waals surface area (Å²) in [4.78, 5) is 0. The number of rotatable bonds is 4. The maximum absolute atomic E-state index is 5.36. The fourth-order valence-electron chi connectivity index (χ4n) is 2.07. The van der Waals surface area contributed by atoms with E-state index in [2.05, 4.69) is 17.6 Å². The van der Waals surface area contributed by atoms with E-state index in [0.29, 0.717) is 6.04 Å². The van der Waals surface area contributed by atoms with Crippen molar-refractivity contribution in [3.05, 3.63) is 24.2 Å². The van der Waals surface area contributed by atoms with Crippen LogP contribution in [-0.2, 0) is 0 Å². The molecule has 3 heteroatoms. The van der Waals surface area contributed by atoms with Gasteiger partial charge in [0.25, 0.3) is 0 Å². The first-order chi connectivity index (χ1) is 7.36. The Morgan fingerprint density at radius 1 is 1.53 bits per heavy atom. The van der Waals surface area contributed by atoms with Crippen molar-refractivity contribution in [2.75, 3.05) is 19.6 Å². The van der Waals surface area contributed by atoms with Crippen LogP contribution in [0.25, 0.3) is 0 Å². The zero-order valence-electron chi connectivity index (χ0n) is 9.33. The highest BCUT2D eigenvalue weighted by molar-refractivity contribution is 5.02. The summed E-state index contributed by atoms with van der Waals surface area (Å²) in [5.74, 6) is 1.85. The molecular weight excluding hydrogens is 188 g/mol. The van der Waals surface area contributed by atoms with Gasteiger partial charge in [0.2, 0.25) is 0 Å². The second-order valence-corrected chi connectivity index (χ2v) is 4.34. The predicted molar refractivity (Wildman–Crippen MR) is 60.7 cm³/mol. The van der Waals surface area contributed by atoms with Crippen molar-refractivity contribution in [2.45, 2.75) is 25.8 Å². The zero-order valence-corrected chi connectivity index (χ0v) is 9.33. The lowest BCUT2D eigenvalue weighted by Crippen LogP contribution is -2.34. The van der Waals surface area contributed by atoms with Crippen LogP contribution in [0.4, 0.5) is 0 Å². The molecule has 1 aromatic heterocycles. The van der Waals surface area contributed by atoms with Crippen LogP contribution in [0.1, 0.15) is 31.6 Å². The minimum Gasteiger partial charge on any atom is -0.468 e. The van der Waals surface area contributed by atoms with Crippen molar-refractivity contribution in [3.8, 4) is 0 Å². The van der Waals surface area contributed by atoms with Crippen LogP contribution < -0.4 is 10.6 Å². The summed E-state index contributed by atoms with van der Waals surface area (Å²) in [6.45, 7) is 5.59. The Morgan fingerprint density at radius 3 is 3.00 bits per heavy atom. The smallest absolute Gasteiger partial charge is 0.120 e. The summed E-state index contributed by atoms with van der Waals surface area (Å²) >= 11 is 0. The molecule has 0 aliphatic carbocycles. The van der Waals surface area contributed by atoms with E-state index in [1.54, 1.807) is 6.26 Å². The van der Waals surface area contributed by atoms with Crippen LogP contribution >= 0.6 is 0 Å². The molecule has 1 aliphatic rings. The fraction of sp³-hybridized carbons (Fsp3) is 0.667. The third-order valence-corrected chi connectivity index (χ3v) is 3.14. The Balaban J connectivity index is 1.73.